The molecule has 2 aromatic carbocycles. The van der Waals surface area contributed by atoms with E-state index in [9.17, 15) is 0 Å². The maximum atomic E-state index is 4.17. The molecule has 0 fully saturated rings. The number of benzene rings is 2. The standard InChI is InChI=1S/C22H19N2.2Y/c1-23-15-14-17(20-11-4-6-13-22(20)23)9-7-10-19-16-18-8-3-5-12-21(18)24(19)2;;/h3-15H,1-2,16H2;;/q-1;;/b9-7+,19-10-;;. The van der Waals surface area contributed by atoms with Crippen molar-refractivity contribution in [1.29, 1.82) is 0 Å². The van der Waals surface area contributed by atoms with Crippen LogP contribution in [0, 0.1) is 14.1 Å². The van der Waals surface area contributed by atoms with Gasteiger partial charge in [-0.05, 0) is 46.5 Å². The molecule has 0 saturated carbocycles. The van der Waals surface area contributed by atoms with Gasteiger partial charge >= 0.3 is 0 Å². The van der Waals surface area contributed by atoms with E-state index in [1.807, 2.05) is 21.7 Å². The Labute approximate surface area is 205 Å². The van der Waals surface area contributed by atoms with Crippen molar-refractivity contribution >= 4 is 22.7 Å². The molecule has 0 saturated heterocycles. The number of nitrogens with zero attached hydrogens (tertiary/aromatic N) is 2. The number of fused-ring (bicyclic) bond motifs is 2. The van der Waals surface area contributed by atoms with Crippen LogP contribution >= 0.6 is 0 Å². The number of rotatable bonds is 2. The molecular weight excluding hydrogens is 470 g/mol. The van der Waals surface area contributed by atoms with Gasteiger partial charge in [0.05, 0.1) is 6.20 Å². The first kappa shape index (κ1) is 21.5. The fourth-order valence-electron chi connectivity index (χ4n) is 3.23. The first-order chi connectivity index (χ1) is 11.7. The van der Waals surface area contributed by atoms with Gasteiger partial charge in [0.25, 0.3) is 0 Å². The molecule has 0 amide bonds. The smallest absolute Gasteiger partial charge is 0.112 e. The molecule has 0 aliphatic carbocycles. The molecule has 0 bridgehead atoms. The SMILES string of the molecule is [CH2-]N1/C(=C\C=C\c2cc[n+]([CH2-])c3ccccc23)Cc2ccccc21.[Y].[Y]. The van der Waals surface area contributed by atoms with Crippen molar-refractivity contribution in [1.82, 2.24) is 0 Å². The molecule has 0 atom stereocenters. The van der Waals surface area contributed by atoms with Crippen molar-refractivity contribution < 1.29 is 70.0 Å². The van der Waals surface area contributed by atoms with Gasteiger partial charge in [-0.2, -0.15) is 0 Å². The van der Waals surface area contributed by atoms with Gasteiger partial charge in [-0.1, -0.05) is 48.6 Å². The summed E-state index contributed by atoms with van der Waals surface area (Å²) in [6, 6.07) is 18.8. The molecule has 26 heavy (non-hydrogen) atoms. The average molecular weight is 489 g/mol. The van der Waals surface area contributed by atoms with E-state index in [0.29, 0.717) is 0 Å². The van der Waals surface area contributed by atoms with E-state index < -0.39 is 0 Å². The third-order valence-corrected chi connectivity index (χ3v) is 4.52. The van der Waals surface area contributed by atoms with Gasteiger partial charge < -0.3 is 9.47 Å². The van der Waals surface area contributed by atoms with Crippen molar-refractivity contribution in [3.8, 4) is 0 Å². The van der Waals surface area contributed by atoms with Crippen molar-refractivity contribution in [2.75, 3.05) is 4.90 Å². The molecule has 1 aliphatic rings. The van der Waals surface area contributed by atoms with Crippen LogP contribution in [-0.4, -0.2) is 0 Å². The molecule has 124 valence electrons. The van der Waals surface area contributed by atoms with Crippen LogP contribution in [0.3, 0.4) is 0 Å². The summed E-state index contributed by atoms with van der Waals surface area (Å²) in [5.41, 5.74) is 6.04. The van der Waals surface area contributed by atoms with Gasteiger partial charge in [0.1, 0.15) is 5.52 Å². The van der Waals surface area contributed by atoms with E-state index in [0.717, 1.165) is 11.9 Å². The maximum absolute atomic E-state index is 4.17. The van der Waals surface area contributed by atoms with Gasteiger partial charge in [-0.15, -0.1) is 0 Å². The average Bonchev–Trinajstić information content (AvgIpc) is 2.94. The molecular formula is C22H19N2Y2-. The Balaban J connectivity index is 0.00000121. The normalized spacial score (nSPS) is 14.3. The van der Waals surface area contributed by atoms with Crippen LogP contribution < -0.4 is 9.47 Å². The van der Waals surface area contributed by atoms with Crippen LogP contribution in [0.1, 0.15) is 11.1 Å². The largest absolute Gasteiger partial charge is 0.500 e. The van der Waals surface area contributed by atoms with Crippen LogP contribution in [0.5, 0.6) is 0 Å². The van der Waals surface area contributed by atoms with Crippen LogP contribution in [-0.2, 0) is 71.8 Å². The van der Waals surface area contributed by atoms with E-state index in [2.05, 4.69) is 80.9 Å². The third-order valence-electron chi connectivity index (χ3n) is 4.52. The molecule has 1 aromatic heterocycles. The zero-order chi connectivity index (χ0) is 16.5. The molecule has 0 spiro atoms. The summed E-state index contributed by atoms with van der Waals surface area (Å²) in [7, 11) is 8.20. The summed E-state index contributed by atoms with van der Waals surface area (Å²) in [6.07, 6.45) is 9.32. The molecule has 2 radical (unpaired) electrons. The van der Waals surface area contributed by atoms with E-state index in [1.165, 1.54) is 27.9 Å². The predicted octanol–water partition coefficient (Wildman–Crippen LogP) is 4.51. The Morgan fingerprint density at radius 1 is 0.962 bits per heavy atom. The first-order valence-corrected chi connectivity index (χ1v) is 8.04. The number of pyridine rings is 1. The van der Waals surface area contributed by atoms with Crippen LogP contribution in [0.2, 0.25) is 0 Å². The van der Waals surface area contributed by atoms with E-state index in [4.69, 9.17) is 0 Å². The Morgan fingerprint density at radius 2 is 1.69 bits per heavy atom. The summed E-state index contributed by atoms with van der Waals surface area (Å²) in [4.78, 5) is 2.02. The number of hydrogen-bond donors (Lipinski definition) is 0. The van der Waals surface area contributed by atoms with Gasteiger partial charge in [0, 0.05) is 84.6 Å². The predicted molar refractivity (Wildman–Crippen MR) is 100.0 cm³/mol. The Morgan fingerprint density at radius 3 is 2.50 bits per heavy atom. The zero-order valence-electron chi connectivity index (χ0n) is 14.7. The minimum atomic E-state index is 0. The third kappa shape index (κ3) is 4.20. The number of para-hydroxylation sites is 2. The molecule has 2 nitrogen and oxygen atoms in total. The van der Waals surface area contributed by atoms with Crippen LogP contribution in [0.4, 0.5) is 5.69 Å². The van der Waals surface area contributed by atoms with E-state index >= 15 is 0 Å². The molecule has 4 heteroatoms. The fraction of sp³-hybridized carbons (Fsp3) is 0.0455. The van der Waals surface area contributed by atoms with E-state index in [-0.39, 0.29) is 65.4 Å². The number of hydrogen-bond acceptors (Lipinski definition) is 1. The Kier molecular flexibility index (Phi) is 7.79. The summed E-state index contributed by atoms with van der Waals surface area (Å²) < 4.78 is 1.90. The van der Waals surface area contributed by atoms with Crippen molar-refractivity contribution in [3.05, 3.63) is 104 Å². The van der Waals surface area contributed by atoms with Crippen molar-refractivity contribution in [2.24, 2.45) is 0 Å². The summed E-state index contributed by atoms with van der Waals surface area (Å²) in [6.45, 7) is 0. The molecule has 2 heterocycles. The topological polar surface area (TPSA) is 7.12 Å². The monoisotopic (exact) mass is 489 g/mol. The molecule has 1 aliphatic heterocycles. The second-order valence-electron chi connectivity index (χ2n) is 6.01. The Hall–Kier alpha value is -0.792. The molecule has 3 aromatic rings. The van der Waals surface area contributed by atoms with E-state index in [1.54, 1.807) is 0 Å². The summed E-state index contributed by atoms with van der Waals surface area (Å²) in [5, 5.41) is 1.20. The minimum Gasteiger partial charge on any atom is -0.500 e. The molecule has 4 rings (SSSR count). The number of anilines is 1. The second kappa shape index (κ2) is 9.42. The van der Waals surface area contributed by atoms with Crippen molar-refractivity contribution in [3.63, 3.8) is 0 Å². The molecule has 0 N–H and O–H groups in total. The minimum absolute atomic E-state index is 0. The van der Waals surface area contributed by atoms with Gasteiger partial charge in [0.15, 0.2) is 0 Å². The van der Waals surface area contributed by atoms with Crippen LogP contribution in [0.15, 0.2) is 78.6 Å². The number of aromatic nitrogens is 1. The first-order valence-electron chi connectivity index (χ1n) is 8.04. The number of allylic oxidation sites excluding steroid dienone is 3. The van der Waals surface area contributed by atoms with Gasteiger partial charge in [0.2, 0.25) is 0 Å². The second-order valence-corrected chi connectivity index (χ2v) is 6.01. The zero-order valence-corrected chi connectivity index (χ0v) is 20.4. The molecule has 0 unspecified atom stereocenters. The summed E-state index contributed by atoms with van der Waals surface area (Å²) >= 11 is 0. The fourth-order valence-corrected chi connectivity index (χ4v) is 3.23. The Bertz CT molecular complexity index is 977. The quantitative estimate of drug-likeness (QED) is 0.380. The van der Waals surface area contributed by atoms with Crippen LogP contribution in [0.25, 0.3) is 17.0 Å². The van der Waals surface area contributed by atoms with Gasteiger partial charge in [-0.3, -0.25) is 7.05 Å². The summed E-state index contributed by atoms with van der Waals surface area (Å²) in [5.74, 6) is 0. The van der Waals surface area contributed by atoms with Crippen molar-refractivity contribution in [2.45, 2.75) is 6.42 Å². The maximum Gasteiger partial charge on any atom is 0.112 e. The van der Waals surface area contributed by atoms with Gasteiger partial charge in [-0.25, -0.2) is 0 Å².